The number of hydrogen-bond acceptors (Lipinski definition) is 4. The molecular weight excluding hydrogens is 344 g/mol. The van der Waals surface area contributed by atoms with Gasteiger partial charge < -0.3 is 19.4 Å². The van der Waals surface area contributed by atoms with Crippen LogP contribution in [0.25, 0.3) is 10.9 Å². The number of pyridine rings is 1. The number of ether oxygens (including phenoxy) is 1. The van der Waals surface area contributed by atoms with Gasteiger partial charge in [-0.15, -0.1) is 0 Å². The topological polar surface area (TPSA) is 84.3 Å². The second kappa shape index (κ2) is 7.61. The minimum atomic E-state index is -1.19. The lowest BCUT2D eigenvalue weighted by Crippen LogP contribution is -2.28. The van der Waals surface area contributed by atoms with Crippen LogP contribution in [0.15, 0.2) is 11.0 Å². The average Bonchev–Trinajstić information content (AvgIpc) is 2.92. The smallest absolute Gasteiger partial charge is 0.340 e. The molecule has 2 aromatic heterocycles. The van der Waals surface area contributed by atoms with Gasteiger partial charge in [-0.1, -0.05) is 39.5 Å². The van der Waals surface area contributed by atoms with E-state index in [1.165, 1.54) is 4.57 Å². The number of H-pyrrole nitrogens is 1. The minimum Gasteiger partial charge on any atom is -0.462 e. The largest absolute Gasteiger partial charge is 0.462 e. The fraction of sp³-hybridized carbons (Fsp3) is 0.524. The maximum absolute atomic E-state index is 12.7. The van der Waals surface area contributed by atoms with Gasteiger partial charge in [0, 0.05) is 24.3 Å². The lowest BCUT2D eigenvalue weighted by molar-refractivity contribution is 0.0460. The third-order valence-corrected chi connectivity index (χ3v) is 4.64. The summed E-state index contributed by atoms with van der Waals surface area (Å²) in [6.07, 6.45) is 1.58. The number of nitrogens with zero attached hydrogens (tertiary/aromatic N) is 1. The van der Waals surface area contributed by atoms with Gasteiger partial charge in [-0.05, 0) is 25.7 Å². The fourth-order valence-corrected chi connectivity index (χ4v) is 2.55. The van der Waals surface area contributed by atoms with Gasteiger partial charge in [-0.3, -0.25) is 4.79 Å². The van der Waals surface area contributed by atoms with Crippen molar-refractivity contribution in [3.8, 4) is 11.8 Å². The molecule has 2 N–H and O–H groups in total. The summed E-state index contributed by atoms with van der Waals surface area (Å²) < 4.78 is 6.79. The van der Waals surface area contributed by atoms with Crippen LogP contribution in [0.3, 0.4) is 0 Å². The third-order valence-electron chi connectivity index (χ3n) is 4.64. The second-order valence-corrected chi connectivity index (χ2v) is 7.88. The van der Waals surface area contributed by atoms with Crippen molar-refractivity contribution in [2.75, 3.05) is 6.61 Å². The van der Waals surface area contributed by atoms with E-state index in [0.717, 1.165) is 0 Å². The molecule has 1 atom stereocenters. The summed E-state index contributed by atoms with van der Waals surface area (Å²) in [5, 5.41) is 10.9. The highest BCUT2D eigenvalue weighted by molar-refractivity contribution is 6.07. The van der Waals surface area contributed by atoms with Crippen molar-refractivity contribution < 1.29 is 14.6 Å². The van der Waals surface area contributed by atoms with E-state index in [0.29, 0.717) is 34.3 Å². The molecule has 0 aliphatic carbocycles. The average molecular weight is 372 g/mol. The summed E-state index contributed by atoms with van der Waals surface area (Å²) in [6.45, 7) is 11.3. The highest BCUT2D eigenvalue weighted by Crippen LogP contribution is 2.25. The zero-order chi connectivity index (χ0) is 20.5. The zero-order valence-electron chi connectivity index (χ0n) is 17.1. The lowest BCUT2D eigenvalue weighted by atomic mass is 9.93. The molecule has 0 aromatic carbocycles. The molecule has 0 saturated heterocycles. The van der Waals surface area contributed by atoms with Gasteiger partial charge in [-0.25, -0.2) is 4.79 Å². The van der Waals surface area contributed by atoms with Crippen LogP contribution in [-0.4, -0.2) is 32.8 Å². The Morgan fingerprint density at radius 3 is 2.56 bits per heavy atom. The molecule has 0 bridgehead atoms. The van der Waals surface area contributed by atoms with Gasteiger partial charge in [0.2, 0.25) is 0 Å². The summed E-state index contributed by atoms with van der Waals surface area (Å²) in [7, 11) is 1.63. The van der Waals surface area contributed by atoms with Gasteiger partial charge in [-0.2, -0.15) is 0 Å². The molecular formula is C21H28N2O4. The van der Waals surface area contributed by atoms with E-state index >= 15 is 0 Å². The molecule has 0 spiro atoms. The zero-order valence-corrected chi connectivity index (χ0v) is 17.1. The molecule has 2 heterocycles. The van der Waals surface area contributed by atoms with Gasteiger partial charge >= 0.3 is 5.97 Å². The van der Waals surface area contributed by atoms with Crippen molar-refractivity contribution in [1.29, 1.82) is 0 Å². The van der Waals surface area contributed by atoms with Gasteiger partial charge in [0.05, 0.1) is 17.7 Å². The standard InChI is InChI=1S/C21H28N2O4/c1-12(2)11-27-20(25)16-14(5)22-18-17(16)15(10-23(7)19(18)24)8-9-21(6,26)13(3)4/h10,12-13,22,26H,11H2,1-7H3. The molecule has 27 heavy (non-hydrogen) atoms. The van der Waals surface area contributed by atoms with E-state index in [4.69, 9.17) is 4.74 Å². The number of carbonyl (C=O) groups is 1. The van der Waals surface area contributed by atoms with Gasteiger partial charge in [0.15, 0.2) is 0 Å². The summed E-state index contributed by atoms with van der Waals surface area (Å²) >= 11 is 0. The normalized spacial score (nSPS) is 13.6. The summed E-state index contributed by atoms with van der Waals surface area (Å²) in [6, 6.07) is 0. The highest BCUT2D eigenvalue weighted by Gasteiger charge is 2.24. The van der Waals surface area contributed by atoms with Crippen LogP contribution in [0.2, 0.25) is 0 Å². The number of aliphatic hydroxyl groups is 1. The number of esters is 1. The Labute approximate surface area is 159 Å². The molecule has 0 fully saturated rings. The summed E-state index contributed by atoms with van der Waals surface area (Å²) in [4.78, 5) is 28.2. The molecule has 0 aliphatic rings. The first-order chi connectivity index (χ1) is 12.5. The Kier molecular flexibility index (Phi) is 5.86. The Balaban J connectivity index is 2.71. The molecule has 0 amide bonds. The first kappa shape index (κ1) is 20.8. The van der Waals surface area contributed by atoms with Crippen LogP contribution in [0.4, 0.5) is 0 Å². The molecule has 6 nitrogen and oxygen atoms in total. The molecule has 2 rings (SSSR count). The second-order valence-electron chi connectivity index (χ2n) is 7.88. The summed E-state index contributed by atoms with van der Waals surface area (Å²) in [5.74, 6) is 5.47. The van der Waals surface area contributed by atoms with Crippen LogP contribution < -0.4 is 5.56 Å². The summed E-state index contributed by atoms with van der Waals surface area (Å²) in [5.41, 5.74) is 0.233. The van der Waals surface area contributed by atoms with Crippen LogP contribution in [0.1, 0.15) is 56.2 Å². The van der Waals surface area contributed by atoms with E-state index in [9.17, 15) is 14.7 Å². The van der Waals surface area contributed by atoms with E-state index in [1.54, 1.807) is 27.1 Å². The Morgan fingerprint density at radius 2 is 2.00 bits per heavy atom. The number of aromatic nitrogens is 2. The third kappa shape index (κ3) is 4.25. The minimum absolute atomic E-state index is 0.0727. The SMILES string of the molecule is Cc1[nH]c2c(=O)n(C)cc(C#CC(C)(O)C(C)C)c2c1C(=O)OCC(C)C. The molecule has 6 heteroatoms. The number of aromatic amines is 1. The Morgan fingerprint density at radius 1 is 1.37 bits per heavy atom. The van der Waals surface area contributed by atoms with Crippen LogP contribution in [-0.2, 0) is 11.8 Å². The molecule has 0 saturated carbocycles. The Bertz CT molecular complexity index is 981. The number of aryl methyl sites for hydroxylation is 2. The predicted octanol–water partition coefficient (Wildman–Crippen LogP) is 2.75. The van der Waals surface area contributed by atoms with Gasteiger partial charge in [0.25, 0.3) is 5.56 Å². The van der Waals surface area contributed by atoms with Gasteiger partial charge in [0.1, 0.15) is 11.1 Å². The molecule has 146 valence electrons. The number of nitrogens with one attached hydrogen (secondary N) is 1. The molecule has 1 unspecified atom stereocenters. The van der Waals surface area contributed by atoms with Crippen molar-refractivity contribution in [3.63, 3.8) is 0 Å². The highest BCUT2D eigenvalue weighted by atomic mass is 16.5. The number of carbonyl (C=O) groups excluding carboxylic acids is 1. The molecule has 2 aromatic rings. The number of hydrogen-bond donors (Lipinski definition) is 2. The maximum Gasteiger partial charge on any atom is 0.340 e. The van der Waals surface area contributed by atoms with Crippen LogP contribution in [0.5, 0.6) is 0 Å². The van der Waals surface area contributed by atoms with Crippen LogP contribution >= 0.6 is 0 Å². The van der Waals surface area contributed by atoms with Crippen molar-refractivity contribution in [1.82, 2.24) is 9.55 Å². The Hall–Kier alpha value is -2.52. The van der Waals surface area contributed by atoms with E-state index in [2.05, 4.69) is 16.8 Å². The van der Waals surface area contributed by atoms with Crippen LogP contribution in [0, 0.1) is 30.6 Å². The number of fused-ring (bicyclic) bond motifs is 1. The lowest BCUT2D eigenvalue weighted by Gasteiger charge is -2.20. The first-order valence-electron chi connectivity index (χ1n) is 9.10. The van der Waals surface area contributed by atoms with Crippen molar-refractivity contribution >= 4 is 16.9 Å². The van der Waals surface area contributed by atoms with E-state index < -0.39 is 11.6 Å². The van der Waals surface area contributed by atoms with Crippen molar-refractivity contribution in [3.05, 3.63) is 33.4 Å². The predicted molar refractivity (Wildman–Crippen MR) is 106 cm³/mol. The van der Waals surface area contributed by atoms with E-state index in [1.807, 2.05) is 27.7 Å². The number of rotatable bonds is 4. The first-order valence-corrected chi connectivity index (χ1v) is 9.10. The van der Waals surface area contributed by atoms with E-state index in [-0.39, 0.29) is 17.4 Å². The maximum atomic E-state index is 12.7. The fourth-order valence-electron chi connectivity index (χ4n) is 2.55. The monoisotopic (exact) mass is 372 g/mol. The molecule has 0 aliphatic heterocycles. The molecule has 0 radical (unpaired) electrons. The quantitative estimate of drug-likeness (QED) is 0.638. The van der Waals surface area contributed by atoms with Crippen molar-refractivity contribution in [2.45, 2.75) is 47.1 Å². The van der Waals surface area contributed by atoms with Crippen molar-refractivity contribution in [2.24, 2.45) is 18.9 Å².